The molecule has 0 aromatic heterocycles. The molecule has 36 heavy (non-hydrogen) atoms. The Hall–Kier alpha value is -3.97. The van der Waals surface area contributed by atoms with Gasteiger partial charge in [-0.3, -0.25) is 4.79 Å². The van der Waals surface area contributed by atoms with Gasteiger partial charge in [-0.15, -0.1) is 5.06 Å². The molecule has 5 rings (SSSR count). The average Bonchev–Trinajstić information content (AvgIpc) is 3.22. The Morgan fingerprint density at radius 3 is 2.31 bits per heavy atom. The zero-order chi connectivity index (χ0) is 25.2. The van der Waals surface area contributed by atoms with E-state index in [4.69, 9.17) is 9.57 Å². The summed E-state index contributed by atoms with van der Waals surface area (Å²) in [4.78, 5) is 46.6. The molecule has 0 aliphatic carbocycles. The summed E-state index contributed by atoms with van der Waals surface area (Å²) in [6.45, 7) is 4.02. The third kappa shape index (κ3) is 4.38. The minimum atomic E-state index is -0.681. The highest BCUT2D eigenvalue weighted by Crippen LogP contribution is 2.39. The number of fused-ring (bicyclic) bond motifs is 1. The van der Waals surface area contributed by atoms with Crippen molar-refractivity contribution in [3.05, 3.63) is 107 Å². The van der Waals surface area contributed by atoms with E-state index in [-0.39, 0.29) is 5.91 Å². The minimum absolute atomic E-state index is 0.367. The van der Waals surface area contributed by atoms with E-state index in [1.807, 2.05) is 67.6 Å². The van der Waals surface area contributed by atoms with E-state index in [1.54, 1.807) is 36.3 Å². The predicted octanol–water partition coefficient (Wildman–Crippen LogP) is 5.10. The molecule has 2 aliphatic heterocycles. The van der Waals surface area contributed by atoms with Gasteiger partial charge in [0, 0.05) is 6.54 Å². The number of hydrogen-bond acceptors (Lipinski definition) is 6. The molecule has 2 aliphatic rings. The van der Waals surface area contributed by atoms with Crippen molar-refractivity contribution in [3.8, 4) is 0 Å². The average molecular weight is 485 g/mol. The van der Waals surface area contributed by atoms with Crippen LogP contribution in [0, 0.1) is 5.92 Å². The Labute approximate surface area is 210 Å². The first-order valence-electron chi connectivity index (χ1n) is 12.2. The molecular formula is C29H28N2O5. The third-order valence-corrected chi connectivity index (χ3v) is 6.99. The monoisotopic (exact) mass is 484 g/mol. The van der Waals surface area contributed by atoms with E-state index in [0.717, 1.165) is 16.7 Å². The summed E-state index contributed by atoms with van der Waals surface area (Å²) in [6.07, 6.45) is -0.529. The van der Waals surface area contributed by atoms with E-state index in [9.17, 15) is 14.4 Å². The van der Waals surface area contributed by atoms with Crippen molar-refractivity contribution >= 4 is 18.0 Å². The number of nitrogens with zero attached hydrogens (tertiary/aromatic N) is 2. The third-order valence-electron chi connectivity index (χ3n) is 6.99. The van der Waals surface area contributed by atoms with Crippen molar-refractivity contribution in [1.29, 1.82) is 0 Å². The zero-order valence-corrected chi connectivity index (χ0v) is 20.2. The molecule has 2 amide bonds. The lowest BCUT2D eigenvalue weighted by molar-refractivity contribution is -0.166. The molecule has 4 atom stereocenters. The first kappa shape index (κ1) is 23.8. The fourth-order valence-corrected chi connectivity index (χ4v) is 5.13. The number of hydrogen-bond donors (Lipinski definition) is 0. The fraction of sp³-hybridized carbons (Fsp3) is 0.276. The number of amides is 2. The number of imide groups is 1. The van der Waals surface area contributed by atoms with E-state index < -0.39 is 36.2 Å². The number of carbonyl (C=O) groups is 3. The maximum absolute atomic E-state index is 13.8. The first-order valence-corrected chi connectivity index (χ1v) is 12.2. The molecule has 0 spiro atoms. The van der Waals surface area contributed by atoms with Crippen molar-refractivity contribution in [3.63, 3.8) is 0 Å². The summed E-state index contributed by atoms with van der Waals surface area (Å²) in [6, 6.07) is 25.0. The van der Waals surface area contributed by atoms with Crippen LogP contribution in [-0.2, 0) is 20.8 Å². The van der Waals surface area contributed by atoms with Gasteiger partial charge in [0.2, 0.25) is 5.91 Å². The number of rotatable bonds is 5. The van der Waals surface area contributed by atoms with Gasteiger partial charge < -0.3 is 9.57 Å². The van der Waals surface area contributed by atoms with Crippen molar-refractivity contribution in [2.75, 3.05) is 6.54 Å². The Bertz CT molecular complexity index is 1260. The molecule has 0 saturated carbocycles. The number of hydroxylamine groups is 2. The second-order valence-electron chi connectivity index (χ2n) is 9.23. The maximum atomic E-state index is 13.8. The zero-order valence-electron chi connectivity index (χ0n) is 20.2. The molecule has 3 aromatic rings. The van der Waals surface area contributed by atoms with E-state index in [2.05, 4.69) is 0 Å². The van der Waals surface area contributed by atoms with Gasteiger partial charge in [-0.25, -0.2) is 14.5 Å². The lowest BCUT2D eigenvalue weighted by atomic mass is 9.85. The maximum Gasteiger partial charge on any atom is 0.417 e. The van der Waals surface area contributed by atoms with E-state index in [1.165, 1.54) is 4.90 Å². The standard InChI is InChI=1S/C29H28N2O5/c1-19(27(32)31-20(2)26(35-29(31)34)22-12-5-3-6-13-22)25-24-16-10-9-11-21(24)17-18-30(25)36-28(33)23-14-7-4-8-15-23/h3-16,19-20,25-26H,17-18H2,1-2H3/t19-,20+,25-,26+/m0/s1. The number of carbonyl (C=O) groups excluding carboxylic acids is 3. The molecule has 2 heterocycles. The number of ether oxygens (including phenoxy) is 1. The topological polar surface area (TPSA) is 76.2 Å². The summed E-state index contributed by atoms with van der Waals surface area (Å²) >= 11 is 0. The highest BCUT2D eigenvalue weighted by Gasteiger charge is 2.47. The highest BCUT2D eigenvalue weighted by atomic mass is 16.7. The quantitative estimate of drug-likeness (QED) is 0.501. The normalized spacial score (nSPS) is 22.4. The Kier molecular flexibility index (Phi) is 6.57. The van der Waals surface area contributed by atoms with Gasteiger partial charge in [0.05, 0.1) is 23.6 Å². The number of benzene rings is 3. The van der Waals surface area contributed by atoms with Crippen molar-refractivity contribution < 1.29 is 24.0 Å². The van der Waals surface area contributed by atoms with Crippen LogP contribution >= 0.6 is 0 Å². The molecule has 0 bridgehead atoms. The summed E-state index contributed by atoms with van der Waals surface area (Å²) < 4.78 is 5.62. The summed E-state index contributed by atoms with van der Waals surface area (Å²) in [5.41, 5.74) is 3.26. The molecular weight excluding hydrogens is 456 g/mol. The van der Waals surface area contributed by atoms with Gasteiger partial charge in [0.15, 0.2) is 0 Å². The molecule has 3 aromatic carbocycles. The second-order valence-corrected chi connectivity index (χ2v) is 9.23. The molecule has 184 valence electrons. The molecule has 0 N–H and O–H groups in total. The van der Waals surface area contributed by atoms with Gasteiger partial charge >= 0.3 is 12.1 Å². The van der Waals surface area contributed by atoms with E-state index >= 15 is 0 Å². The summed E-state index contributed by atoms with van der Waals surface area (Å²) in [5.74, 6) is -1.54. The molecule has 7 heteroatoms. The van der Waals surface area contributed by atoms with Crippen LogP contribution in [0.25, 0.3) is 0 Å². The Morgan fingerprint density at radius 2 is 1.58 bits per heavy atom. The summed E-state index contributed by atoms with van der Waals surface area (Å²) in [5, 5.41) is 1.58. The van der Waals surface area contributed by atoms with Crippen molar-refractivity contribution in [1.82, 2.24) is 9.96 Å². The van der Waals surface area contributed by atoms with Gasteiger partial charge in [-0.2, -0.15) is 0 Å². The lowest BCUT2D eigenvalue weighted by Crippen LogP contribution is -2.47. The van der Waals surface area contributed by atoms with Gasteiger partial charge in [-0.1, -0.05) is 79.7 Å². The second kappa shape index (κ2) is 9.95. The molecule has 0 unspecified atom stereocenters. The van der Waals surface area contributed by atoms with Crippen LogP contribution in [0.2, 0.25) is 0 Å². The SMILES string of the molecule is C[C@H](C(=O)N1C(=O)O[C@@H](c2ccccc2)[C@H]1C)[C@H]1c2ccccc2CCN1OC(=O)c1ccccc1. The van der Waals surface area contributed by atoms with Crippen molar-refractivity contribution in [2.24, 2.45) is 5.92 Å². The predicted molar refractivity (Wildman–Crippen MR) is 133 cm³/mol. The van der Waals surface area contributed by atoms with Crippen LogP contribution in [0.3, 0.4) is 0 Å². The largest absolute Gasteiger partial charge is 0.439 e. The highest BCUT2D eigenvalue weighted by molar-refractivity contribution is 5.95. The van der Waals surface area contributed by atoms with Crippen LogP contribution in [0.15, 0.2) is 84.9 Å². The van der Waals surface area contributed by atoms with Crippen LogP contribution in [0.5, 0.6) is 0 Å². The smallest absolute Gasteiger partial charge is 0.417 e. The first-order chi connectivity index (χ1) is 17.5. The van der Waals surface area contributed by atoms with Crippen LogP contribution < -0.4 is 0 Å². The Morgan fingerprint density at radius 1 is 0.944 bits per heavy atom. The molecule has 1 saturated heterocycles. The van der Waals surface area contributed by atoms with Crippen molar-refractivity contribution in [2.45, 2.75) is 38.5 Å². The van der Waals surface area contributed by atoms with Crippen LogP contribution in [0.1, 0.15) is 53.0 Å². The van der Waals surface area contributed by atoms with Crippen LogP contribution in [-0.4, -0.2) is 40.5 Å². The van der Waals surface area contributed by atoms with Gasteiger partial charge in [-0.05, 0) is 42.2 Å². The number of cyclic esters (lactones) is 1. The van der Waals surface area contributed by atoms with E-state index in [0.29, 0.717) is 18.5 Å². The fourth-order valence-electron chi connectivity index (χ4n) is 5.13. The van der Waals surface area contributed by atoms with Gasteiger partial charge in [0.25, 0.3) is 0 Å². The minimum Gasteiger partial charge on any atom is -0.439 e. The Balaban J connectivity index is 1.43. The lowest BCUT2D eigenvalue weighted by Gasteiger charge is -2.39. The molecule has 0 radical (unpaired) electrons. The van der Waals surface area contributed by atoms with Gasteiger partial charge in [0.1, 0.15) is 6.10 Å². The molecule has 1 fully saturated rings. The summed E-state index contributed by atoms with van der Waals surface area (Å²) in [7, 11) is 0. The van der Waals surface area contributed by atoms with Crippen LogP contribution in [0.4, 0.5) is 4.79 Å². The molecule has 7 nitrogen and oxygen atoms in total.